The molecule has 2 heterocycles. The number of carbonyl (C=O) groups excluding carboxylic acids is 2. The maximum absolute atomic E-state index is 12.7. The van der Waals surface area contributed by atoms with Gasteiger partial charge in [0, 0.05) is 31.4 Å². The predicted molar refractivity (Wildman–Crippen MR) is 106 cm³/mol. The number of para-hydroxylation sites is 1. The highest BCUT2D eigenvalue weighted by atomic mass is 16.2. The number of anilines is 2. The van der Waals surface area contributed by atoms with Gasteiger partial charge in [0.25, 0.3) is 0 Å². The number of nitrogens with one attached hydrogen (secondary N) is 2. The SMILES string of the molecule is CCCCn1nccc1NC(=O)C1CCCN(C(=O)Nc2ccccc2)C1. The van der Waals surface area contributed by atoms with E-state index < -0.39 is 0 Å². The van der Waals surface area contributed by atoms with E-state index in [1.54, 1.807) is 11.1 Å². The normalized spacial score (nSPS) is 16.8. The largest absolute Gasteiger partial charge is 0.324 e. The van der Waals surface area contributed by atoms with Gasteiger partial charge in [-0.1, -0.05) is 31.5 Å². The number of unbranched alkanes of at least 4 members (excludes halogenated alkanes) is 1. The van der Waals surface area contributed by atoms with Gasteiger partial charge in [0.05, 0.1) is 12.1 Å². The van der Waals surface area contributed by atoms with Crippen LogP contribution in [0.25, 0.3) is 0 Å². The van der Waals surface area contributed by atoms with Crippen molar-refractivity contribution >= 4 is 23.4 Å². The lowest BCUT2D eigenvalue weighted by molar-refractivity contribution is -0.121. The lowest BCUT2D eigenvalue weighted by Gasteiger charge is -2.32. The van der Waals surface area contributed by atoms with E-state index >= 15 is 0 Å². The quantitative estimate of drug-likeness (QED) is 0.817. The minimum absolute atomic E-state index is 0.0505. The number of aromatic nitrogens is 2. The standard InChI is InChI=1S/C20H27N5O2/c1-2-3-14-25-18(11-12-21-25)23-19(26)16-8-7-13-24(15-16)20(27)22-17-9-5-4-6-10-17/h4-6,9-12,16H,2-3,7-8,13-15H2,1H3,(H,22,27)(H,23,26). The van der Waals surface area contributed by atoms with Crippen molar-refractivity contribution in [2.75, 3.05) is 23.7 Å². The summed E-state index contributed by atoms with van der Waals surface area (Å²) in [6, 6.07) is 11.0. The highest BCUT2D eigenvalue weighted by Crippen LogP contribution is 2.20. The Bertz CT molecular complexity index is 759. The van der Waals surface area contributed by atoms with E-state index in [0.717, 1.165) is 43.7 Å². The molecule has 0 radical (unpaired) electrons. The van der Waals surface area contributed by atoms with Crippen LogP contribution in [0.15, 0.2) is 42.6 Å². The Labute approximate surface area is 159 Å². The molecule has 1 fully saturated rings. The molecule has 1 aromatic carbocycles. The van der Waals surface area contributed by atoms with Crippen molar-refractivity contribution in [1.29, 1.82) is 0 Å². The molecule has 1 saturated heterocycles. The summed E-state index contributed by atoms with van der Waals surface area (Å²) in [4.78, 5) is 26.9. The van der Waals surface area contributed by atoms with Crippen molar-refractivity contribution in [3.05, 3.63) is 42.6 Å². The first-order valence-corrected chi connectivity index (χ1v) is 9.61. The maximum atomic E-state index is 12.7. The number of piperidine rings is 1. The van der Waals surface area contributed by atoms with Gasteiger partial charge in [0.15, 0.2) is 0 Å². The fourth-order valence-corrected chi connectivity index (χ4v) is 3.25. The van der Waals surface area contributed by atoms with Crippen LogP contribution in [0, 0.1) is 5.92 Å². The zero-order chi connectivity index (χ0) is 19.1. The van der Waals surface area contributed by atoms with Gasteiger partial charge in [-0.25, -0.2) is 9.48 Å². The average molecular weight is 369 g/mol. The van der Waals surface area contributed by atoms with Gasteiger partial charge >= 0.3 is 6.03 Å². The van der Waals surface area contributed by atoms with Gasteiger partial charge in [-0.3, -0.25) is 4.79 Å². The molecule has 1 aliphatic heterocycles. The lowest BCUT2D eigenvalue weighted by Crippen LogP contribution is -2.45. The second-order valence-electron chi connectivity index (χ2n) is 6.86. The van der Waals surface area contributed by atoms with Gasteiger partial charge in [0.2, 0.25) is 5.91 Å². The minimum atomic E-state index is -0.213. The number of hydrogen-bond acceptors (Lipinski definition) is 3. The van der Waals surface area contributed by atoms with Crippen molar-refractivity contribution < 1.29 is 9.59 Å². The highest BCUT2D eigenvalue weighted by molar-refractivity contribution is 5.93. The van der Waals surface area contributed by atoms with E-state index in [0.29, 0.717) is 13.1 Å². The summed E-state index contributed by atoms with van der Waals surface area (Å²) in [5.41, 5.74) is 0.758. The fourth-order valence-electron chi connectivity index (χ4n) is 3.25. The molecule has 1 aliphatic rings. The molecule has 1 atom stereocenters. The lowest BCUT2D eigenvalue weighted by atomic mass is 9.97. The van der Waals surface area contributed by atoms with Gasteiger partial charge in [-0.15, -0.1) is 0 Å². The number of likely N-dealkylation sites (tertiary alicyclic amines) is 1. The maximum Gasteiger partial charge on any atom is 0.321 e. The molecule has 1 unspecified atom stereocenters. The van der Waals surface area contributed by atoms with Gasteiger partial charge < -0.3 is 15.5 Å². The van der Waals surface area contributed by atoms with Crippen molar-refractivity contribution in [3.8, 4) is 0 Å². The molecule has 2 aromatic rings. The van der Waals surface area contributed by atoms with Gasteiger partial charge in [-0.2, -0.15) is 5.10 Å². The second kappa shape index (κ2) is 9.21. The molecule has 2 N–H and O–H groups in total. The Morgan fingerprint density at radius 2 is 2.00 bits per heavy atom. The number of urea groups is 1. The van der Waals surface area contributed by atoms with Crippen LogP contribution in [0.2, 0.25) is 0 Å². The number of benzene rings is 1. The Morgan fingerprint density at radius 1 is 1.19 bits per heavy atom. The number of amides is 3. The summed E-state index contributed by atoms with van der Waals surface area (Å²) < 4.78 is 1.82. The van der Waals surface area contributed by atoms with E-state index in [-0.39, 0.29) is 17.9 Å². The van der Waals surface area contributed by atoms with Crippen LogP contribution in [0.1, 0.15) is 32.6 Å². The molecule has 27 heavy (non-hydrogen) atoms. The van der Waals surface area contributed by atoms with E-state index in [9.17, 15) is 9.59 Å². The van der Waals surface area contributed by atoms with Gasteiger partial charge in [0.1, 0.15) is 5.82 Å². The van der Waals surface area contributed by atoms with Crippen LogP contribution in [-0.4, -0.2) is 39.7 Å². The van der Waals surface area contributed by atoms with Crippen LogP contribution in [0.3, 0.4) is 0 Å². The minimum Gasteiger partial charge on any atom is -0.324 e. The summed E-state index contributed by atoms with van der Waals surface area (Å²) in [5.74, 6) is 0.458. The van der Waals surface area contributed by atoms with E-state index in [2.05, 4.69) is 22.7 Å². The summed E-state index contributed by atoms with van der Waals surface area (Å²) >= 11 is 0. The number of hydrogen-bond donors (Lipinski definition) is 2. The topological polar surface area (TPSA) is 79.3 Å². The van der Waals surface area contributed by atoms with Crippen LogP contribution in [0.4, 0.5) is 16.3 Å². The Morgan fingerprint density at radius 3 is 2.78 bits per heavy atom. The molecule has 0 saturated carbocycles. The van der Waals surface area contributed by atoms with Crippen molar-refractivity contribution in [3.63, 3.8) is 0 Å². The van der Waals surface area contributed by atoms with E-state index in [4.69, 9.17) is 0 Å². The first-order chi connectivity index (χ1) is 13.2. The summed E-state index contributed by atoms with van der Waals surface area (Å²) in [7, 11) is 0. The third-order valence-corrected chi connectivity index (χ3v) is 4.80. The molecule has 7 nitrogen and oxygen atoms in total. The molecule has 0 spiro atoms. The summed E-state index contributed by atoms with van der Waals surface area (Å²) in [6.45, 7) is 4.00. The van der Waals surface area contributed by atoms with Crippen molar-refractivity contribution in [1.82, 2.24) is 14.7 Å². The van der Waals surface area contributed by atoms with Crippen LogP contribution >= 0.6 is 0 Å². The van der Waals surface area contributed by atoms with Crippen LogP contribution < -0.4 is 10.6 Å². The second-order valence-corrected chi connectivity index (χ2v) is 6.86. The zero-order valence-corrected chi connectivity index (χ0v) is 15.7. The summed E-state index contributed by atoms with van der Waals surface area (Å²) in [5, 5.41) is 10.1. The molecular weight excluding hydrogens is 342 g/mol. The number of rotatable bonds is 6. The first-order valence-electron chi connectivity index (χ1n) is 9.61. The molecule has 0 aliphatic carbocycles. The molecule has 0 bridgehead atoms. The zero-order valence-electron chi connectivity index (χ0n) is 15.7. The summed E-state index contributed by atoms with van der Waals surface area (Å²) in [6.07, 6.45) is 5.38. The van der Waals surface area contributed by atoms with Crippen molar-refractivity contribution in [2.45, 2.75) is 39.2 Å². The average Bonchev–Trinajstić information content (AvgIpc) is 3.14. The van der Waals surface area contributed by atoms with Crippen LogP contribution in [-0.2, 0) is 11.3 Å². The van der Waals surface area contributed by atoms with Crippen LogP contribution in [0.5, 0.6) is 0 Å². The number of aryl methyl sites for hydroxylation is 1. The molecule has 7 heteroatoms. The third-order valence-electron chi connectivity index (χ3n) is 4.80. The number of carbonyl (C=O) groups is 2. The fraction of sp³-hybridized carbons (Fsp3) is 0.450. The Kier molecular flexibility index (Phi) is 6.46. The monoisotopic (exact) mass is 369 g/mol. The molecule has 144 valence electrons. The molecule has 3 amide bonds. The Balaban J connectivity index is 1.56. The molecular formula is C20H27N5O2. The first kappa shape index (κ1) is 18.9. The predicted octanol–water partition coefficient (Wildman–Crippen LogP) is 3.57. The smallest absolute Gasteiger partial charge is 0.321 e. The Hall–Kier alpha value is -2.83. The van der Waals surface area contributed by atoms with E-state index in [1.807, 2.05) is 41.1 Å². The van der Waals surface area contributed by atoms with E-state index in [1.165, 1.54) is 0 Å². The number of nitrogens with zero attached hydrogens (tertiary/aromatic N) is 3. The molecule has 3 rings (SSSR count). The van der Waals surface area contributed by atoms with Crippen molar-refractivity contribution in [2.24, 2.45) is 5.92 Å². The van der Waals surface area contributed by atoms with Gasteiger partial charge in [-0.05, 0) is 31.4 Å². The third kappa shape index (κ3) is 5.09. The molecule has 1 aromatic heterocycles. The highest BCUT2D eigenvalue weighted by Gasteiger charge is 2.29.